The molecule has 2 heterocycles. The second kappa shape index (κ2) is 5.48. The number of sulfonamides is 1. The second-order valence-electron chi connectivity index (χ2n) is 4.26. The van der Waals surface area contributed by atoms with Gasteiger partial charge >= 0.3 is 0 Å². The molecule has 1 aromatic heterocycles. The highest BCUT2D eigenvalue weighted by atomic mass is 32.2. The van der Waals surface area contributed by atoms with Crippen molar-refractivity contribution < 1.29 is 8.42 Å². The number of aromatic nitrogens is 2. The summed E-state index contributed by atoms with van der Waals surface area (Å²) in [6.07, 6.45) is 4.08. The molecule has 0 spiro atoms. The largest absolute Gasteiger partial charge is 0.290 e. The Balaban J connectivity index is 1.91. The molecule has 0 unspecified atom stereocenters. The molecule has 0 saturated carbocycles. The monoisotopic (exact) mass is 269 g/mol. The molecular weight excluding hydrogens is 254 g/mol. The number of nitrogens with zero attached hydrogens (tertiary/aromatic N) is 3. The third-order valence-corrected chi connectivity index (χ3v) is 4.47. The van der Waals surface area contributed by atoms with Gasteiger partial charge in [0.25, 0.3) is 0 Å². The predicted molar refractivity (Wildman–Crippen MR) is 64.0 cm³/mol. The molecule has 18 heavy (non-hydrogen) atoms. The Morgan fingerprint density at radius 1 is 1.56 bits per heavy atom. The van der Waals surface area contributed by atoms with E-state index in [0.29, 0.717) is 6.54 Å². The number of likely N-dealkylation sites (tertiary alicyclic amines) is 1. The zero-order valence-electron chi connectivity index (χ0n) is 9.83. The molecule has 1 fully saturated rings. The van der Waals surface area contributed by atoms with Crippen LogP contribution in [0.25, 0.3) is 0 Å². The summed E-state index contributed by atoms with van der Waals surface area (Å²) in [7, 11) is -3.47. The summed E-state index contributed by atoms with van der Waals surface area (Å²) in [5.41, 5.74) is 0. The Morgan fingerprint density at radius 2 is 2.28 bits per heavy atom. The number of H-pyrrole nitrogens is 1. The maximum Gasteiger partial charge on any atom is 0.243 e. The fourth-order valence-electron chi connectivity index (χ4n) is 1.98. The molecule has 8 heteroatoms. The first-order chi connectivity index (χ1) is 8.62. The summed E-state index contributed by atoms with van der Waals surface area (Å²) in [6.45, 7) is 1.89. The molecular formula is C10H15N5O2S. The van der Waals surface area contributed by atoms with Crippen molar-refractivity contribution in [1.82, 2.24) is 19.8 Å². The smallest absolute Gasteiger partial charge is 0.243 e. The van der Waals surface area contributed by atoms with Crippen molar-refractivity contribution in [3.05, 3.63) is 12.4 Å². The molecule has 0 aliphatic carbocycles. The number of nitriles is 1. The van der Waals surface area contributed by atoms with Crippen LogP contribution in [0, 0.1) is 11.3 Å². The lowest BCUT2D eigenvalue weighted by molar-refractivity contribution is 0.229. The Bertz CT molecular complexity index is 511. The van der Waals surface area contributed by atoms with E-state index in [9.17, 15) is 8.42 Å². The van der Waals surface area contributed by atoms with Gasteiger partial charge in [0, 0.05) is 25.3 Å². The highest BCUT2D eigenvalue weighted by Gasteiger charge is 2.24. The number of hydrogen-bond acceptors (Lipinski definition) is 5. The second-order valence-corrected chi connectivity index (χ2v) is 5.98. The average molecular weight is 269 g/mol. The zero-order valence-corrected chi connectivity index (χ0v) is 10.7. The minimum atomic E-state index is -3.47. The molecule has 2 rings (SSSR count). The van der Waals surface area contributed by atoms with E-state index in [4.69, 9.17) is 5.26 Å². The molecule has 0 radical (unpaired) electrons. The van der Waals surface area contributed by atoms with E-state index >= 15 is 0 Å². The molecule has 2 N–H and O–H groups in total. The molecule has 0 atom stereocenters. The minimum Gasteiger partial charge on any atom is -0.290 e. The van der Waals surface area contributed by atoms with Gasteiger partial charge in [-0.3, -0.25) is 10.00 Å². The zero-order chi connectivity index (χ0) is 13.0. The standard InChI is InChI=1S/C10H15N5O2S/c11-3-6-15-4-1-9(2-5-15)14-18(16,17)10-7-12-13-8-10/h7-9,14H,1-2,4-6H2,(H,12,13). The topological polar surface area (TPSA) is 102 Å². The predicted octanol–water partition coefficient (Wildman–Crippen LogP) is -0.324. The van der Waals surface area contributed by atoms with Gasteiger partial charge in [-0.25, -0.2) is 13.1 Å². The van der Waals surface area contributed by atoms with Crippen molar-refractivity contribution in [2.75, 3.05) is 19.6 Å². The molecule has 1 aliphatic rings. The fraction of sp³-hybridized carbons (Fsp3) is 0.600. The Kier molecular flexibility index (Phi) is 3.96. The van der Waals surface area contributed by atoms with Crippen LogP contribution in [0.5, 0.6) is 0 Å². The summed E-state index contributed by atoms with van der Waals surface area (Å²) >= 11 is 0. The van der Waals surface area contributed by atoms with Gasteiger partial charge in [0.15, 0.2) is 0 Å². The third-order valence-electron chi connectivity index (χ3n) is 2.99. The lowest BCUT2D eigenvalue weighted by Crippen LogP contribution is -2.44. The summed E-state index contributed by atoms with van der Waals surface area (Å²) in [4.78, 5) is 2.17. The molecule has 0 aromatic carbocycles. The number of rotatable bonds is 4. The third kappa shape index (κ3) is 3.07. The highest BCUT2D eigenvalue weighted by Crippen LogP contribution is 2.13. The van der Waals surface area contributed by atoms with Crippen molar-refractivity contribution in [3.8, 4) is 6.07 Å². The summed E-state index contributed by atoms with van der Waals surface area (Å²) in [5.74, 6) is 0. The van der Waals surface area contributed by atoms with Crippen LogP contribution in [0.2, 0.25) is 0 Å². The molecule has 1 aromatic rings. The van der Waals surface area contributed by atoms with Crippen LogP contribution in [0.3, 0.4) is 0 Å². The van der Waals surface area contributed by atoms with Crippen LogP contribution >= 0.6 is 0 Å². The first kappa shape index (κ1) is 13.0. The maximum absolute atomic E-state index is 11.9. The quantitative estimate of drug-likeness (QED) is 0.729. The van der Waals surface area contributed by atoms with E-state index in [-0.39, 0.29) is 10.9 Å². The van der Waals surface area contributed by atoms with E-state index < -0.39 is 10.0 Å². The van der Waals surface area contributed by atoms with Crippen molar-refractivity contribution in [3.63, 3.8) is 0 Å². The van der Waals surface area contributed by atoms with Crippen molar-refractivity contribution in [2.24, 2.45) is 0 Å². The molecule has 1 aliphatic heterocycles. The number of nitrogens with one attached hydrogen (secondary N) is 2. The van der Waals surface area contributed by atoms with Crippen molar-refractivity contribution >= 4 is 10.0 Å². The highest BCUT2D eigenvalue weighted by molar-refractivity contribution is 7.89. The van der Waals surface area contributed by atoms with E-state index in [1.165, 1.54) is 12.4 Å². The first-order valence-electron chi connectivity index (χ1n) is 5.72. The van der Waals surface area contributed by atoms with Gasteiger partial charge in [-0.05, 0) is 12.8 Å². The van der Waals surface area contributed by atoms with E-state index in [2.05, 4.69) is 21.0 Å². The number of piperidine rings is 1. The van der Waals surface area contributed by atoms with Gasteiger partial charge in [0.05, 0.1) is 18.8 Å². The van der Waals surface area contributed by atoms with Gasteiger partial charge < -0.3 is 0 Å². The van der Waals surface area contributed by atoms with E-state index in [1.807, 2.05) is 4.90 Å². The van der Waals surface area contributed by atoms with Gasteiger partial charge in [0.2, 0.25) is 10.0 Å². The number of aromatic amines is 1. The molecule has 1 saturated heterocycles. The van der Waals surface area contributed by atoms with E-state index in [0.717, 1.165) is 25.9 Å². The Hall–Kier alpha value is -1.43. The number of hydrogen-bond donors (Lipinski definition) is 2. The van der Waals surface area contributed by atoms with Crippen LogP contribution in [0.15, 0.2) is 17.3 Å². The lowest BCUT2D eigenvalue weighted by atomic mass is 10.1. The fourth-order valence-corrected chi connectivity index (χ4v) is 3.19. The summed E-state index contributed by atoms with van der Waals surface area (Å²) in [6, 6.07) is 2.03. The lowest BCUT2D eigenvalue weighted by Gasteiger charge is -2.30. The molecule has 0 amide bonds. The van der Waals surface area contributed by atoms with Crippen LogP contribution in [0.1, 0.15) is 12.8 Å². The Morgan fingerprint density at radius 3 is 2.83 bits per heavy atom. The van der Waals surface area contributed by atoms with Crippen LogP contribution in [-0.4, -0.2) is 49.2 Å². The van der Waals surface area contributed by atoms with Gasteiger partial charge in [-0.2, -0.15) is 10.4 Å². The normalized spacial score (nSPS) is 18.6. The van der Waals surface area contributed by atoms with Gasteiger partial charge in [0.1, 0.15) is 4.90 Å². The van der Waals surface area contributed by atoms with Crippen LogP contribution in [-0.2, 0) is 10.0 Å². The molecule has 98 valence electrons. The first-order valence-corrected chi connectivity index (χ1v) is 7.20. The van der Waals surface area contributed by atoms with Crippen molar-refractivity contribution in [1.29, 1.82) is 5.26 Å². The van der Waals surface area contributed by atoms with E-state index in [1.54, 1.807) is 0 Å². The van der Waals surface area contributed by atoms with Crippen molar-refractivity contribution in [2.45, 2.75) is 23.8 Å². The van der Waals surface area contributed by atoms with Gasteiger partial charge in [-0.15, -0.1) is 0 Å². The average Bonchev–Trinajstić information content (AvgIpc) is 2.86. The van der Waals surface area contributed by atoms with Crippen LogP contribution in [0.4, 0.5) is 0 Å². The molecule has 7 nitrogen and oxygen atoms in total. The minimum absolute atomic E-state index is 0.0696. The summed E-state index contributed by atoms with van der Waals surface area (Å²) in [5, 5.41) is 14.7. The maximum atomic E-state index is 11.9. The summed E-state index contributed by atoms with van der Waals surface area (Å²) < 4.78 is 26.5. The Labute approximate surface area is 106 Å². The molecule has 0 bridgehead atoms. The van der Waals surface area contributed by atoms with Crippen LogP contribution < -0.4 is 4.72 Å². The van der Waals surface area contributed by atoms with Gasteiger partial charge in [-0.1, -0.05) is 0 Å². The SMILES string of the molecule is N#CCN1CCC(NS(=O)(=O)c2cn[nH]c2)CC1.